The molecule has 0 radical (unpaired) electrons. The van der Waals surface area contributed by atoms with E-state index >= 15 is 0 Å². The minimum absolute atomic E-state index is 0.552. The van der Waals surface area contributed by atoms with Gasteiger partial charge < -0.3 is 15.2 Å². The van der Waals surface area contributed by atoms with Crippen molar-refractivity contribution >= 4 is 11.3 Å². The molecular formula is C14H14N4O2. The second-order valence-corrected chi connectivity index (χ2v) is 4.24. The van der Waals surface area contributed by atoms with Crippen molar-refractivity contribution in [1.29, 1.82) is 0 Å². The molecule has 6 nitrogen and oxygen atoms in total. The molecule has 0 unspecified atom stereocenters. The average Bonchev–Trinajstić information content (AvgIpc) is 2.91. The molecule has 0 aliphatic rings. The van der Waals surface area contributed by atoms with Crippen LogP contribution in [0.1, 0.15) is 0 Å². The Hall–Kier alpha value is -2.76. The topological polar surface area (TPSA) is 74.7 Å². The number of methoxy groups -OCH3 is 2. The summed E-state index contributed by atoms with van der Waals surface area (Å²) in [6.45, 7) is 0. The van der Waals surface area contributed by atoms with E-state index in [0.717, 1.165) is 5.56 Å². The molecule has 2 aromatic heterocycles. The number of nitrogens with two attached hydrogens (primary N) is 1. The van der Waals surface area contributed by atoms with E-state index in [9.17, 15) is 0 Å². The van der Waals surface area contributed by atoms with Gasteiger partial charge in [0.1, 0.15) is 5.75 Å². The molecule has 2 N–H and O–H groups in total. The van der Waals surface area contributed by atoms with Crippen LogP contribution < -0.4 is 15.2 Å². The summed E-state index contributed by atoms with van der Waals surface area (Å²) in [5, 5.41) is 4.42. The fraction of sp³-hybridized carbons (Fsp3) is 0.143. The summed E-state index contributed by atoms with van der Waals surface area (Å²) >= 11 is 0. The number of ether oxygens (including phenoxy) is 2. The Bertz CT molecular complexity index is 767. The van der Waals surface area contributed by atoms with Crippen LogP contribution in [0.25, 0.3) is 17.0 Å². The van der Waals surface area contributed by atoms with Crippen LogP contribution in [0.5, 0.6) is 11.5 Å². The van der Waals surface area contributed by atoms with Gasteiger partial charge in [0.25, 0.3) is 0 Å². The Morgan fingerprint density at radius 1 is 1.10 bits per heavy atom. The van der Waals surface area contributed by atoms with E-state index in [2.05, 4.69) is 10.1 Å². The van der Waals surface area contributed by atoms with E-state index in [1.807, 2.05) is 24.4 Å². The first-order valence-electron chi connectivity index (χ1n) is 6.06. The summed E-state index contributed by atoms with van der Waals surface area (Å²) in [4.78, 5) is 4.48. The molecule has 0 bridgehead atoms. The van der Waals surface area contributed by atoms with Crippen LogP contribution in [-0.4, -0.2) is 28.8 Å². The molecule has 3 aromatic rings. The minimum atomic E-state index is 0.552. The summed E-state index contributed by atoms with van der Waals surface area (Å²) in [6, 6.07) is 9.16. The summed E-state index contributed by atoms with van der Waals surface area (Å²) in [5.41, 5.74) is 7.95. The summed E-state index contributed by atoms with van der Waals surface area (Å²) in [5.74, 6) is 1.90. The molecule has 0 saturated heterocycles. The zero-order chi connectivity index (χ0) is 14.1. The zero-order valence-electron chi connectivity index (χ0n) is 11.2. The number of benzene rings is 1. The van der Waals surface area contributed by atoms with Crippen molar-refractivity contribution in [2.45, 2.75) is 0 Å². The normalized spacial score (nSPS) is 10.7. The largest absolute Gasteiger partial charge is 0.495 e. The van der Waals surface area contributed by atoms with Gasteiger partial charge in [0.2, 0.25) is 0 Å². The SMILES string of the molecule is COc1ccc(-c2nc3c(OC)cccn3n2)cc1N. The highest BCUT2D eigenvalue weighted by molar-refractivity contribution is 5.68. The predicted octanol–water partition coefficient (Wildman–Crippen LogP) is 2.00. The van der Waals surface area contributed by atoms with Crippen molar-refractivity contribution < 1.29 is 9.47 Å². The maximum Gasteiger partial charge on any atom is 0.198 e. The Morgan fingerprint density at radius 2 is 1.90 bits per heavy atom. The van der Waals surface area contributed by atoms with E-state index in [4.69, 9.17) is 15.2 Å². The van der Waals surface area contributed by atoms with Crippen molar-refractivity contribution in [3.8, 4) is 22.9 Å². The second-order valence-electron chi connectivity index (χ2n) is 4.24. The molecule has 6 heteroatoms. The summed E-state index contributed by atoms with van der Waals surface area (Å²) < 4.78 is 12.1. The monoisotopic (exact) mass is 270 g/mol. The van der Waals surface area contributed by atoms with Crippen molar-refractivity contribution in [2.24, 2.45) is 0 Å². The standard InChI is InChI=1S/C14H14N4O2/c1-19-11-6-5-9(8-10(11)15)13-16-14-12(20-2)4-3-7-18(14)17-13/h3-8H,15H2,1-2H3. The van der Waals surface area contributed by atoms with Crippen LogP contribution in [0.3, 0.4) is 0 Å². The first-order chi connectivity index (χ1) is 9.72. The van der Waals surface area contributed by atoms with Gasteiger partial charge in [0.15, 0.2) is 17.2 Å². The van der Waals surface area contributed by atoms with E-state index in [1.54, 1.807) is 30.9 Å². The van der Waals surface area contributed by atoms with Crippen LogP contribution in [-0.2, 0) is 0 Å². The Balaban J connectivity index is 2.12. The summed E-state index contributed by atoms with van der Waals surface area (Å²) in [6.07, 6.45) is 1.82. The number of hydrogen-bond acceptors (Lipinski definition) is 5. The Labute approximate surface area is 115 Å². The average molecular weight is 270 g/mol. The lowest BCUT2D eigenvalue weighted by Gasteiger charge is -2.04. The molecule has 0 aliphatic heterocycles. The lowest BCUT2D eigenvalue weighted by molar-refractivity contribution is 0.416. The van der Waals surface area contributed by atoms with Gasteiger partial charge in [-0.15, -0.1) is 5.10 Å². The molecule has 0 aliphatic carbocycles. The Morgan fingerprint density at radius 3 is 2.60 bits per heavy atom. The fourth-order valence-electron chi connectivity index (χ4n) is 2.04. The fourth-order valence-corrected chi connectivity index (χ4v) is 2.04. The van der Waals surface area contributed by atoms with Crippen LogP contribution in [0.4, 0.5) is 5.69 Å². The molecule has 1 aromatic carbocycles. The number of hydrogen-bond donors (Lipinski definition) is 1. The number of fused-ring (bicyclic) bond motifs is 1. The third-order valence-electron chi connectivity index (χ3n) is 3.03. The lowest BCUT2D eigenvalue weighted by atomic mass is 10.2. The van der Waals surface area contributed by atoms with Gasteiger partial charge in [0, 0.05) is 11.8 Å². The Kier molecular flexibility index (Phi) is 2.90. The van der Waals surface area contributed by atoms with E-state index in [1.165, 1.54) is 0 Å². The third-order valence-corrected chi connectivity index (χ3v) is 3.03. The van der Waals surface area contributed by atoms with Crippen molar-refractivity contribution in [3.63, 3.8) is 0 Å². The highest BCUT2D eigenvalue weighted by Crippen LogP contribution is 2.28. The van der Waals surface area contributed by atoms with Crippen LogP contribution in [0, 0.1) is 0 Å². The van der Waals surface area contributed by atoms with Gasteiger partial charge in [-0.3, -0.25) is 0 Å². The predicted molar refractivity (Wildman–Crippen MR) is 75.9 cm³/mol. The van der Waals surface area contributed by atoms with Crippen molar-refractivity contribution in [3.05, 3.63) is 36.5 Å². The molecule has 0 atom stereocenters. The van der Waals surface area contributed by atoms with Crippen LogP contribution in [0.2, 0.25) is 0 Å². The van der Waals surface area contributed by atoms with E-state index in [0.29, 0.717) is 28.7 Å². The summed E-state index contributed by atoms with van der Waals surface area (Å²) in [7, 11) is 3.19. The minimum Gasteiger partial charge on any atom is -0.495 e. The van der Waals surface area contributed by atoms with Crippen molar-refractivity contribution in [1.82, 2.24) is 14.6 Å². The molecule has 0 fully saturated rings. The maximum absolute atomic E-state index is 5.91. The zero-order valence-corrected chi connectivity index (χ0v) is 11.2. The second kappa shape index (κ2) is 4.73. The van der Waals surface area contributed by atoms with Crippen molar-refractivity contribution in [2.75, 3.05) is 20.0 Å². The van der Waals surface area contributed by atoms with Gasteiger partial charge in [-0.25, -0.2) is 9.50 Å². The third kappa shape index (κ3) is 1.91. The van der Waals surface area contributed by atoms with Gasteiger partial charge in [-0.2, -0.15) is 0 Å². The maximum atomic E-state index is 5.91. The highest BCUT2D eigenvalue weighted by Gasteiger charge is 2.11. The quantitative estimate of drug-likeness (QED) is 0.737. The first kappa shape index (κ1) is 12.3. The molecule has 2 heterocycles. The molecule has 20 heavy (non-hydrogen) atoms. The van der Waals surface area contributed by atoms with E-state index < -0.39 is 0 Å². The van der Waals surface area contributed by atoms with E-state index in [-0.39, 0.29) is 0 Å². The van der Waals surface area contributed by atoms with Gasteiger partial charge in [-0.1, -0.05) is 0 Å². The number of rotatable bonds is 3. The lowest BCUT2D eigenvalue weighted by Crippen LogP contribution is -1.93. The molecule has 0 spiro atoms. The van der Waals surface area contributed by atoms with Gasteiger partial charge in [0.05, 0.1) is 19.9 Å². The molecule has 0 amide bonds. The van der Waals surface area contributed by atoms with Gasteiger partial charge >= 0.3 is 0 Å². The molecule has 3 rings (SSSR count). The smallest absolute Gasteiger partial charge is 0.198 e. The number of nitrogens with zero attached hydrogens (tertiary/aromatic N) is 3. The molecular weight excluding hydrogens is 256 g/mol. The number of anilines is 1. The number of aromatic nitrogens is 3. The van der Waals surface area contributed by atoms with Crippen LogP contribution in [0.15, 0.2) is 36.5 Å². The highest BCUT2D eigenvalue weighted by atomic mass is 16.5. The molecule has 102 valence electrons. The first-order valence-corrected chi connectivity index (χ1v) is 6.06. The molecule has 0 saturated carbocycles. The van der Waals surface area contributed by atoms with Crippen LogP contribution >= 0.6 is 0 Å². The number of nitrogen functional groups attached to an aromatic ring is 1. The number of pyridine rings is 1. The van der Waals surface area contributed by atoms with Gasteiger partial charge in [-0.05, 0) is 30.3 Å².